The zero-order chi connectivity index (χ0) is 21.0. The molecule has 0 unspecified atom stereocenters. The first-order valence-corrected chi connectivity index (χ1v) is 10.1. The van der Waals surface area contributed by atoms with Crippen molar-refractivity contribution < 1.29 is 13.3 Å². The van der Waals surface area contributed by atoms with Crippen molar-refractivity contribution in [2.75, 3.05) is 18.4 Å². The molecule has 1 aromatic carbocycles. The van der Waals surface area contributed by atoms with Gasteiger partial charge in [0, 0.05) is 43.7 Å². The summed E-state index contributed by atoms with van der Waals surface area (Å²) in [7, 11) is -3.87. The molecule has 0 aliphatic heterocycles. The van der Waals surface area contributed by atoms with Crippen molar-refractivity contribution in [3.05, 3.63) is 64.5 Å². The highest BCUT2D eigenvalue weighted by Gasteiger charge is 2.17. The van der Waals surface area contributed by atoms with Crippen molar-refractivity contribution in [3.8, 4) is 5.82 Å². The molecule has 29 heavy (non-hydrogen) atoms. The number of aryl methyl sites for hydroxylation is 2. The molecule has 11 nitrogen and oxygen atoms in total. The van der Waals surface area contributed by atoms with Gasteiger partial charge >= 0.3 is 0 Å². The molecule has 3 aromatic rings. The van der Waals surface area contributed by atoms with Crippen LogP contribution in [0.3, 0.4) is 0 Å². The molecule has 0 saturated heterocycles. The van der Waals surface area contributed by atoms with Crippen molar-refractivity contribution in [1.29, 1.82) is 0 Å². The molecule has 152 valence electrons. The second-order valence-corrected chi connectivity index (χ2v) is 7.85. The van der Waals surface area contributed by atoms with Crippen molar-refractivity contribution in [2.45, 2.75) is 18.7 Å². The number of rotatable bonds is 8. The standard InChI is InChI=1S/C17H19N7O4S/c1-12-21-16(11-17(22-12)23-9-8-18-13(23)2)19-6-7-20-29(27,28)15-5-3-4-14(10-15)24(25)26/h3-5,8-11,20H,6-7H2,1-2H3,(H,19,21,22). The number of sulfonamides is 1. The minimum absolute atomic E-state index is 0.0630. The zero-order valence-corrected chi connectivity index (χ0v) is 16.5. The summed E-state index contributed by atoms with van der Waals surface area (Å²) in [5, 5.41) is 13.9. The number of benzene rings is 1. The highest BCUT2D eigenvalue weighted by molar-refractivity contribution is 7.89. The van der Waals surface area contributed by atoms with Crippen LogP contribution in [-0.2, 0) is 10.0 Å². The van der Waals surface area contributed by atoms with Crippen LogP contribution in [0.5, 0.6) is 0 Å². The summed E-state index contributed by atoms with van der Waals surface area (Å²) in [5.41, 5.74) is -0.287. The third kappa shape index (κ3) is 4.92. The smallest absolute Gasteiger partial charge is 0.270 e. The molecule has 12 heteroatoms. The Kier molecular flexibility index (Phi) is 5.84. The number of non-ortho nitro benzene ring substituents is 1. The van der Waals surface area contributed by atoms with E-state index in [0.29, 0.717) is 17.5 Å². The molecule has 0 fully saturated rings. The number of hydrogen-bond donors (Lipinski definition) is 2. The van der Waals surface area contributed by atoms with Crippen LogP contribution in [-0.4, -0.2) is 45.9 Å². The van der Waals surface area contributed by atoms with Crippen molar-refractivity contribution in [2.24, 2.45) is 0 Å². The summed E-state index contributed by atoms with van der Waals surface area (Å²) >= 11 is 0. The summed E-state index contributed by atoms with van der Waals surface area (Å²) in [6, 6.07) is 6.61. The van der Waals surface area contributed by atoms with E-state index in [1.54, 1.807) is 25.4 Å². The lowest BCUT2D eigenvalue weighted by Crippen LogP contribution is -2.29. The van der Waals surface area contributed by atoms with Gasteiger partial charge in [-0.1, -0.05) is 6.07 Å². The Labute approximate surface area is 167 Å². The molecular weight excluding hydrogens is 398 g/mol. The monoisotopic (exact) mass is 417 g/mol. The van der Waals surface area contributed by atoms with Gasteiger partial charge in [-0.05, 0) is 19.9 Å². The fourth-order valence-electron chi connectivity index (χ4n) is 2.61. The maximum atomic E-state index is 12.3. The second-order valence-electron chi connectivity index (χ2n) is 6.08. The number of imidazole rings is 1. The van der Waals surface area contributed by atoms with E-state index in [9.17, 15) is 18.5 Å². The van der Waals surface area contributed by atoms with E-state index in [2.05, 4.69) is 25.0 Å². The lowest BCUT2D eigenvalue weighted by atomic mass is 10.3. The Morgan fingerprint density at radius 3 is 2.66 bits per heavy atom. The van der Waals surface area contributed by atoms with Crippen LogP contribution in [0.25, 0.3) is 5.82 Å². The molecule has 0 radical (unpaired) electrons. The third-order valence-corrected chi connectivity index (χ3v) is 5.42. The van der Waals surface area contributed by atoms with Crippen molar-refractivity contribution in [3.63, 3.8) is 0 Å². The van der Waals surface area contributed by atoms with E-state index in [4.69, 9.17) is 0 Å². The zero-order valence-electron chi connectivity index (χ0n) is 15.7. The molecule has 3 rings (SSSR count). The first-order valence-electron chi connectivity index (χ1n) is 8.60. The van der Waals surface area contributed by atoms with E-state index in [0.717, 1.165) is 11.9 Å². The predicted octanol–water partition coefficient (Wildman–Crippen LogP) is 1.58. The normalized spacial score (nSPS) is 11.4. The number of nitro groups is 1. The van der Waals surface area contributed by atoms with Crippen LogP contribution in [0.1, 0.15) is 11.6 Å². The van der Waals surface area contributed by atoms with E-state index in [1.165, 1.54) is 18.2 Å². The minimum atomic E-state index is -3.87. The number of hydrogen-bond acceptors (Lipinski definition) is 8. The molecule has 0 amide bonds. The quantitative estimate of drug-likeness (QED) is 0.319. The maximum absolute atomic E-state index is 12.3. The lowest BCUT2D eigenvalue weighted by Gasteiger charge is -2.11. The van der Waals surface area contributed by atoms with Crippen LogP contribution in [0.15, 0.2) is 47.6 Å². The second kappa shape index (κ2) is 8.32. The van der Waals surface area contributed by atoms with Crippen LogP contribution in [0.4, 0.5) is 11.5 Å². The van der Waals surface area contributed by atoms with Crippen LogP contribution in [0, 0.1) is 24.0 Å². The average molecular weight is 417 g/mol. The topological polar surface area (TPSA) is 145 Å². The summed E-state index contributed by atoms with van der Waals surface area (Å²) in [6.07, 6.45) is 3.46. The SMILES string of the molecule is Cc1nc(NCCNS(=O)(=O)c2cccc([N+](=O)[O-])c2)cc(-n2ccnc2C)n1. The molecule has 0 aliphatic rings. The summed E-state index contributed by atoms with van der Waals surface area (Å²) in [6.45, 7) is 3.93. The van der Waals surface area contributed by atoms with Gasteiger partial charge in [-0.3, -0.25) is 14.7 Å². The predicted molar refractivity (Wildman–Crippen MR) is 105 cm³/mol. The molecule has 0 saturated carbocycles. The fourth-order valence-corrected chi connectivity index (χ4v) is 3.68. The first-order chi connectivity index (χ1) is 13.8. The van der Waals surface area contributed by atoms with Gasteiger partial charge in [-0.2, -0.15) is 0 Å². The summed E-state index contributed by atoms with van der Waals surface area (Å²) in [5.74, 6) is 2.51. The Morgan fingerprint density at radius 2 is 1.97 bits per heavy atom. The Bertz CT molecular complexity index is 1140. The van der Waals surface area contributed by atoms with E-state index < -0.39 is 14.9 Å². The highest BCUT2D eigenvalue weighted by atomic mass is 32.2. The number of nitrogens with one attached hydrogen (secondary N) is 2. The van der Waals surface area contributed by atoms with Gasteiger partial charge in [0.15, 0.2) is 0 Å². The maximum Gasteiger partial charge on any atom is 0.270 e. The first kappa shape index (κ1) is 20.4. The molecule has 0 spiro atoms. The third-order valence-electron chi connectivity index (χ3n) is 3.96. The molecule has 2 aromatic heterocycles. The molecule has 0 atom stereocenters. The fraction of sp³-hybridized carbons (Fsp3) is 0.235. The van der Waals surface area contributed by atoms with Crippen molar-refractivity contribution >= 4 is 21.5 Å². The van der Waals surface area contributed by atoms with Gasteiger partial charge in [-0.15, -0.1) is 0 Å². The van der Waals surface area contributed by atoms with Crippen LogP contribution < -0.4 is 10.0 Å². The Morgan fingerprint density at radius 1 is 1.17 bits per heavy atom. The van der Waals surface area contributed by atoms with Gasteiger partial charge in [0.1, 0.15) is 23.3 Å². The average Bonchev–Trinajstić information content (AvgIpc) is 3.11. The van der Waals surface area contributed by atoms with Gasteiger partial charge in [0.05, 0.1) is 9.82 Å². The van der Waals surface area contributed by atoms with Gasteiger partial charge in [0.2, 0.25) is 10.0 Å². The molecule has 0 aliphatic carbocycles. The van der Waals surface area contributed by atoms with Gasteiger partial charge in [-0.25, -0.2) is 28.1 Å². The number of anilines is 1. The van der Waals surface area contributed by atoms with E-state index in [-0.39, 0.29) is 23.7 Å². The van der Waals surface area contributed by atoms with E-state index >= 15 is 0 Å². The Hall–Kier alpha value is -3.38. The van der Waals surface area contributed by atoms with Crippen LogP contribution >= 0.6 is 0 Å². The van der Waals surface area contributed by atoms with E-state index in [1.807, 2.05) is 11.5 Å². The van der Waals surface area contributed by atoms with Crippen LogP contribution in [0.2, 0.25) is 0 Å². The summed E-state index contributed by atoms with van der Waals surface area (Å²) in [4.78, 5) is 22.8. The lowest BCUT2D eigenvalue weighted by molar-refractivity contribution is -0.385. The molecule has 2 heterocycles. The minimum Gasteiger partial charge on any atom is -0.369 e. The largest absolute Gasteiger partial charge is 0.369 e. The number of nitrogens with zero attached hydrogens (tertiary/aromatic N) is 5. The number of aromatic nitrogens is 4. The molecular formula is C17H19N7O4S. The highest BCUT2D eigenvalue weighted by Crippen LogP contribution is 2.17. The Balaban J connectivity index is 1.63. The van der Waals surface area contributed by atoms with Gasteiger partial charge in [0.25, 0.3) is 5.69 Å². The van der Waals surface area contributed by atoms with Crippen molar-refractivity contribution in [1.82, 2.24) is 24.2 Å². The summed E-state index contributed by atoms with van der Waals surface area (Å²) < 4.78 is 28.9. The van der Waals surface area contributed by atoms with Gasteiger partial charge < -0.3 is 5.32 Å². The molecule has 2 N–H and O–H groups in total. The molecule has 0 bridgehead atoms. The number of nitro benzene ring substituents is 1.